The van der Waals surface area contributed by atoms with Gasteiger partial charge in [-0.2, -0.15) is 0 Å². The van der Waals surface area contributed by atoms with Gasteiger partial charge in [-0.1, -0.05) is 6.92 Å². The van der Waals surface area contributed by atoms with Gasteiger partial charge in [-0.15, -0.1) is 0 Å². The Hall–Kier alpha value is -1.06. The maximum atomic E-state index is 12.4. The Balaban J connectivity index is 1.65. The molecule has 0 aromatic carbocycles. The minimum atomic E-state index is -0.898. The SMILES string of the molecule is CCCN(CC(=O)O)C(=O)C1[C@@H]2[C@@H]3CC[C@H](C3)[C@@H]12. The molecule has 2 bridgehead atoms. The van der Waals surface area contributed by atoms with Crippen LogP contribution in [0, 0.1) is 29.6 Å². The topological polar surface area (TPSA) is 57.6 Å². The molecule has 0 unspecified atom stereocenters. The summed E-state index contributed by atoms with van der Waals surface area (Å²) in [7, 11) is 0. The monoisotopic (exact) mass is 251 g/mol. The van der Waals surface area contributed by atoms with Crippen LogP contribution in [-0.4, -0.2) is 35.0 Å². The Morgan fingerprint density at radius 2 is 1.83 bits per heavy atom. The maximum Gasteiger partial charge on any atom is 0.323 e. The Kier molecular flexibility index (Phi) is 2.83. The lowest BCUT2D eigenvalue weighted by Gasteiger charge is -2.21. The molecular weight excluding hydrogens is 230 g/mol. The third kappa shape index (κ3) is 1.73. The first-order valence-corrected chi connectivity index (χ1v) is 7.14. The van der Waals surface area contributed by atoms with Gasteiger partial charge in [-0.3, -0.25) is 9.59 Å². The summed E-state index contributed by atoms with van der Waals surface area (Å²) in [5, 5.41) is 8.89. The fraction of sp³-hybridized carbons (Fsp3) is 0.857. The summed E-state index contributed by atoms with van der Waals surface area (Å²) in [6, 6.07) is 0. The predicted molar refractivity (Wildman–Crippen MR) is 65.8 cm³/mol. The summed E-state index contributed by atoms with van der Waals surface area (Å²) in [4.78, 5) is 24.8. The molecule has 0 spiro atoms. The summed E-state index contributed by atoms with van der Waals surface area (Å²) in [5.41, 5.74) is 0. The summed E-state index contributed by atoms with van der Waals surface area (Å²) >= 11 is 0. The van der Waals surface area contributed by atoms with Gasteiger partial charge in [0, 0.05) is 12.5 Å². The van der Waals surface area contributed by atoms with Gasteiger partial charge in [0.25, 0.3) is 0 Å². The minimum Gasteiger partial charge on any atom is -0.480 e. The molecule has 0 aliphatic heterocycles. The molecule has 4 nitrogen and oxygen atoms in total. The van der Waals surface area contributed by atoms with E-state index < -0.39 is 5.97 Å². The highest BCUT2D eigenvalue weighted by Gasteiger charge is 2.67. The zero-order valence-electron chi connectivity index (χ0n) is 10.8. The van der Waals surface area contributed by atoms with Crippen molar-refractivity contribution in [3.05, 3.63) is 0 Å². The van der Waals surface area contributed by atoms with E-state index in [1.165, 1.54) is 19.3 Å². The van der Waals surface area contributed by atoms with E-state index in [4.69, 9.17) is 5.11 Å². The van der Waals surface area contributed by atoms with E-state index in [9.17, 15) is 9.59 Å². The van der Waals surface area contributed by atoms with Crippen LogP contribution in [-0.2, 0) is 9.59 Å². The number of hydrogen-bond donors (Lipinski definition) is 1. The van der Waals surface area contributed by atoms with Crippen LogP contribution < -0.4 is 0 Å². The van der Waals surface area contributed by atoms with Crippen molar-refractivity contribution >= 4 is 11.9 Å². The molecule has 0 aromatic rings. The van der Waals surface area contributed by atoms with Gasteiger partial charge in [0.15, 0.2) is 0 Å². The molecule has 0 heterocycles. The van der Waals surface area contributed by atoms with E-state index in [1.54, 1.807) is 4.90 Å². The van der Waals surface area contributed by atoms with E-state index in [0.717, 1.165) is 18.3 Å². The van der Waals surface area contributed by atoms with Crippen molar-refractivity contribution in [1.29, 1.82) is 0 Å². The van der Waals surface area contributed by atoms with Gasteiger partial charge in [0.1, 0.15) is 6.54 Å². The lowest BCUT2D eigenvalue weighted by molar-refractivity contribution is -0.145. The molecule has 1 N–H and O–H groups in total. The first kappa shape index (κ1) is 12.0. The number of amides is 1. The maximum absolute atomic E-state index is 12.4. The third-order valence-corrected chi connectivity index (χ3v) is 5.15. The molecule has 4 heteroatoms. The predicted octanol–water partition coefficient (Wildman–Crippen LogP) is 1.60. The molecular formula is C14H21NO3. The van der Waals surface area contributed by atoms with E-state index >= 15 is 0 Å². The van der Waals surface area contributed by atoms with Gasteiger partial charge in [-0.25, -0.2) is 0 Å². The molecule has 0 aromatic heterocycles. The number of nitrogens with zero attached hydrogens (tertiary/aromatic N) is 1. The number of carbonyl (C=O) groups is 2. The second-order valence-electron chi connectivity index (χ2n) is 6.17. The van der Waals surface area contributed by atoms with E-state index in [1.807, 2.05) is 6.92 Å². The lowest BCUT2D eigenvalue weighted by Crippen LogP contribution is -2.38. The van der Waals surface area contributed by atoms with Gasteiger partial charge in [0.2, 0.25) is 5.91 Å². The van der Waals surface area contributed by atoms with Crippen LogP contribution >= 0.6 is 0 Å². The molecule has 3 fully saturated rings. The molecule has 100 valence electrons. The third-order valence-electron chi connectivity index (χ3n) is 5.15. The van der Waals surface area contributed by atoms with Crippen molar-refractivity contribution in [1.82, 2.24) is 4.90 Å². The molecule has 18 heavy (non-hydrogen) atoms. The van der Waals surface area contributed by atoms with Crippen LogP contribution in [0.2, 0.25) is 0 Å². The Bertz CT molecular complexity index is 365. The molecule has 1 amide bonds. The highest BCUT2D eigenvalue weighted by atomic mass is 16.4. The summed E-state index contributed by atoms with van der Waals surface area (Å²) < 4.78 is 0. The first-order chi connectivity index (χ1) is 8.63. The van der Waals surface area contributed by atoms with Gasteiger partial charge >= 0.3 is 5.97 Å². The van der Waals surface area contributed by atoms with E-state index in [-0.39, 0.29) is 18.4 Å². The van der Waals surface area contributed by atoms with Crippen LogP contribution in [0.1, 0.15) is 32.6 Å². The number of carboxylic acid groups (broad SMARTS) is 1. The van der Waals surface area contributed by atoms with Crippen LogP contribution in [0.4, 0.5) is 0 Å². The second kappa shape index (κ2) is 4.25. The fourth-order valence-electron chi connectivity index (χ4n) is 4.57. The van der Waals surface area contributed by atoms with Crippen molar-refractivity contribution < 1.29 is 14.7 Å². The van der Waals surface area contributed by atoms with Crippen molar-refractivity contribution in [2.45, 2.75) is 32.6 Å². The number of carbonyl (C=O) groups excluding carboxylic acids is 1. The average molecular weight is 251 g/mol. The molecule has 3 aliphatic rings. The zero-order chi connectivity index (χ0) is 12.9. The van der Waals surface area contributed by atoms with Crippen LogP contribution in [0.3, 0.4) is 0 Å². The van der Waals surface area contributed by atoms with Crippen molar-refractivity contribution in [2.75, 3.05) is 13.1 Å². The van der Waals surface area contributed by atoms with Crippen LogP contribution in [0.5, 0.6) is 0 Å². The summed E-state index contributed by atoms with van der Waals surface area (Å²) in [6.07, 6.45) is 4.74. The summed E-state index contributed by atoms with van der Waals surface area (Å²) in [5.74, 6) is 2.12. The Labute approximate surface area is 107 Å². The van der Waals surface area contributed by atoms with Gasteiger partial charge in [-0.05, 0) is 49.4 Å². The molecule has 3 aliphatic carbocycles. The quantitative estimate of drug-likeness (QED) is 0.807. The number of rotatable bonds is 5. The van der Waals surface area contributed by atoms with Crippen molar-refractivity contribution in [3.8, 4) is 0 Å². The lowest BCUT2D eigenvalue weighted by atomic mass is 10.0. The molecule has 4 atom stereocenters. The number of aliphatic carboxylic acids is 1. The van der Waals surface area contributed by atoms with E-state index in [2.05, 4.69) is 0 Å². The highest BCUT2D eigenvalue weighted by molar-refractivity contribution is 5.86. The smallest absolute Gasteiger partial charge is 0.323 e. The zero-order valence-corrected chi connectivity index (χ0v) is 10.8. The van der Waals surface area contributed by atoms with Crippen LogP contribution in [0.15, 0.2) is 0 Å². The normalized spacial score (nSPS) is 39.5. The molecule has 0 saturated heterocycles. The minimum absolute atomic E-state index is 0.117. The summed E-state index contributed by atoms with van der Waals surface area (Å²) in [6.45, 7) is 2.44. The highest BCUT2D eigenvalue weighted by Crippen LogP contribution is 2.69. The first-order valence-electron chi connectivity index (χ1n) is 7.14. The molecule has 3 rings (SSSR count). The standard InChI is InChI=1S/C14H21NO3/c1-2-5-15(7-10(16)17)14(18)13-11-8-3-4-9(6-8)12(11)13/h8-9,11-13H,2-7H2,1H3,(H,16,17)/t8-,9-,11-,12-/m1/s1. The Morgan fingerprint density at radius 1 is 1.22 bits per heavy atom. The number of carboxylic acids is 1. The van der Waals surface area contributed by atoms with Crippen molar-refractivity contribution in [3.63, 3.8) is 0 Å². The van der Waals surface area contributed by atoms with Crippen molar-refractivity contribution in [2.24, 2.45) is 29.6 Å². The number of fused-ring (bicyclic) bond motifs is 5. The fourth-order valence-corrected chi connectivity index (χ4v) is 4.57. The number of hydrogen-bond acceptors (Lipinski definition) is 2. The Morgan fingerprint density at radius 3 is 2.33 bits per heavy atom. The second-order valence-corrected chi connectivity index (χ2v) is 6.17. The average Bonchev–Trinajstić information content (AvgIpc) is 2.75. The van der Waals surface area contributed by atoms with E-state index in [0.29, 0.717) is 18.4 Å². The van der Waals surface area contributed by atoms with Gasteiger partial charge < -0.3 is 10.0 Å². The van der Waals surface area contributed by atoms with Crippen LogP contribution in [0.25, 0.3) is 0 Å². The molecule has 3 saturated carbocycles. The largest absolute Gasteiger partial charge is 0.480 e. The van der Waals surface area contributed by atoms with Gasteiger partial charge in [0.05, 0.1) is 0 Å². The molecule has 0 radical (unpaired) electrons.